The van der Waals surface area contributed by atoms with Gasteiger partial charge in [-0.3, -0.25) is 14.4 Å². The zero-order chi connectivity index (χ0) is 29.2. The summed E-state index contributed by atoms with van der Waals surface area (Å²) in [5, 5.41) is 5.56. The highest BCUT2D eigenvalue weighted by Crippen LogP contribution is 2.30. The molecule has 0 saturated heterocycles. The Kier molecular flexibility index (Phi) is 12.8. The summed E-state index contributed by atoms with van der Waals surface area (Å²) in [6.45, 7) is 18.7. The zero-order valence-electron chi connectivity index (χ0n) is 24.8. The van der Waals surface area contributed by atoms with Crippen LogP contribution in [0, 0.1) is 19.8 Å². The van der Waals surface area contributed by atoms with Crippen molar-refractivity contribution in [2.24, 2.45) is 5.92 Å². The first-order valence-corrected chi connectivity index (χ1v) is 13.4. The van der Waals surface area contributed by atoms with Crippen molar-refractivity contribution < 1.29 is 28.7 Å². The van der Waals surface area contributed by atoms with Crippen LogP contribution in [0.2, 0.25) is 0 Å². The third-order valence-corrected chi connectivity index (χ3v) is 5.78. The molecule has 2 N–H and O–H groups in total. The van der Waals surface area contributed by atoms with E-state index in [0.29, 0.717) is 12.0 Å². The molecule has 3 amide bonds. The lowest BCUT2D eigenvalue weighted by molar-refractivity contribution is -0.146. The quantitative estimate of drug-likeness (QED) is 0.380. The Balaban J connectivity index is 3.48. The SMILES string of the molecule is CCOC(=O)CCNC(=O)C(c1c(C)cccc1C)N(C(=O)C(CC(C)C)NC(=O)OC(C)(C)C)C(C)C. The van der Waals surface area contributed by atoms with Crippen molar-refractivity contribution in [2.75, 3.05) is 13.2 Å². The molecule has 2 unspecified atom stereocenters. The van der Waals surface area contributed by atoms with E-state index >= 15 is 0 Å². The molecule has 38 heavy (non-hydrogen) atoms. The van der Waals surface area contributed by atoms with E-state index in [1.54, 1.807) is 27.7 Å². The van der Waals surface area contributed by atoms with Crippen molar-refractivity contribution >= 4 is 23.9 Å². The Hall–Kier alpha value is -3.10. The monoisotopic (exact) mass is 533 g/mol. The number of aryl methyl sites for hydroxylation is 2. The second kappa shape index (κ2) is 14.7. The van der Waals surface area contributed by atoms with Crippen molar-refractivity contribution in [1.29, 1.82) is 0 Å². The molecule has 1 aromatic carbocycles. The second-order valence-corrected chi connectivity index (χ2v) is 11.2. The lowest BCUT2D eigenvalue weighted by atomic mass is 9.92. The van der Waals surface area contributed by atoms with Gasteiger partial charge in [-0.2, -0.15) is 0 Å². The molecule has 1 aromatic rings. The van der Waals surface area contributed by atoms with Crippen LogP contribution in [-0.4, -0.2) is 59.6 Å². The van der Waals surface area contributed by atoms with Crippen molar-refractivity contribution in [3.05, 3.63) is 34.9 Å². The molecule has 0 heterocycles. The topological polar surface area (TPSA) is 114 Å². The average molecular weight is 534 g/mol. The number of rotatable bonds is 12. The zero-order valence-corrected chi connectivity index (χ0v) is 24.8. The minimum absolute atomic E-state index is 0.0187. The number of carbonyl (C=O) groups is 4. The molecule has 9 nitrogen and oxygen atoms in total. The lowest BCUT2D eigenvalue weighted by Crippen LogP contribution is -2.55. The number of esters is 1. The Bertz CT molecular complexity index is 947. The summed E-state index contributed by atoms with van der Waals surface area (Å²) >= 11 is 0. The molecule has 0 aliphatic rings. The molecule has 214 valence electrons. The van der Waals surface area contributed by atoms with Crippen LogP contribution in [0.25, 0.3) is 0 Å². The van der Waals surface area contributed by atoms with E-state index in [2.05, 4.69) is 10.6 Å². The first-order chi connectivity index (χ1) is 17.6. The summed E-state index contributed by atoms with van der Waals surface area (Å²) < 4.78 is 10.4. The molecule has 0 saturated carbocycles. The van der Waals surface area contributed by atoms with Crippen LogP contribution in [0.4, 0.5) is 4.79 Å². The van der Waals surface area contributed by atoms with Crippen LogP contribution >= 0.6 is 0 Å². The number of benzene rings is 1. The molecule has 0 fully saturated rings. The largest absolute Gasteiger partial charge is 0.466 e. The normalized spacial score (nSPS) is 13.1. The predicted octanol–water partition coefficient (Wildman–Crippen LogP) is 4.59. The van der Waals surface area contributed by atoms with Gasteiger partial charge in [-0.25, -0.2) is 4.79 Å². The van der Waals surface area contributed by atoms with E-state index in [9.17, 15) is 19.2 Å². The Morgan fingerprint density at radius 3 is 2.05 bits per heavy atom. The number of hydrogen-bond acceptors (Lipinski definition) is 6. The van der Waals surface area contributed by atoms with Crippen LogP contribution in [-0.2, 0) is 23.9 Å². The fourth-order valence-corrected chi connectivity index (χ4v) is 4.28. The van der Waals surface area contributed by atoms with Gasteiger partial charge in [0, 0.05) is 12.6 Å². The van der Waals surface area contributed by atoms with E-state index in [1.165, 1.54) is 4.90 Å². The van der Waals surface area contributed by atoms with Gasteiger partial charge in [0.25, 0.3) is 0 Å². The van der Waals surface area contributed by atoms with E-state index < -0.39 is 35.7 Å². The maximum absolute atomic E-state index is 14.1. The van der Waals surface area contributed by atoms with Gasteiger partial charge < -0.3 is 25.0 Å². The first kappa shape index (κ1) is 32.9. The van der Waals surface area contributed by atoms with Gasteiger partial charge in [-0.1, -0.05) is 32.0 Å². The summed E-state index contributed by atoms with van der Waals surface area (Å²) in [7, 11) is 0. The van der Waals surface area contributed by atoms with Gasteiger partial charge in [-0.05, 0) is 84.4 Å². The van der Waals surface area contributed by atoms with Crippen molar-refractivity contribution in [3.63, 3.8) is 0 Å². The van der Waals surface area contributed by atoms with Gasteiger partial charge in [0.1, 0.15) is 17.7 Å². The van der Waals surface area contributed by atoms with Crippen molar-refractivity contribution in [1.82, 2.24) is 15.5 Å². The van der Waals surface area contributed by atoms with E-state index in [-0.39, 0.29) is 37.4 Å². The minimum atomic E-state index is -0.971. The highest BCUT2D eigenvalue weighted by atomic mass is 16.6. The molecule has 0 aromatic heterocycles. The maximum Gasteiger partial charge on any atom is 0.408 e. The summed E-state index contributed by atoms with van der Waals surface area (Å²) in [5.74, 6) is -1.11. The van der Waals surface area contributed by atoms with Gasteiger partial charge in [0.15, 0.2) is 0 Å². The van der Waals surface area contributed by atoms with Crippen molar-refractivity contribution in [2.45, 2.75) is 106 Å². The third-order valence-electron chi connectivity index (χ3n) is 5.78. The number of carbonyl (C=O) groups excluding carboxylic acids is 4. The van der Waals surface area contributed by atoms with Crippen LogP contribution in [0.15, 0.2) is 18.2 Å². The molecule has 1 rings (SSSR count). The van der Waals surface area contributed by atoms with Gasteiger partial charge in [-0.15, -0.1) is 0 Å². The lowest BCUT2D eigenvalue weighted by Gasteiger charge is -2.38. The molecule has 9 heteroatoms. The molecular formula is C29H47N3O6. The average Bonchev–Trinajstić information content (AvgIpc) is 2.75. The number of amides is 3. The van der Waals surface area contributed by atoms with Crippen LogP contribution in [0.1, 0.15) is 91.0 Å². The standard InChI is InChI=1S/C29H47N3O6/c1-11-37-23(33)15-16-30-26(34)25(24-20(6)13-12-14-21(24)7)32(19(4)5)27(35)22(17-18(2)3)31-28(36)38-29(8,9)10/h12-14,18-19,22,25H,11,15-17H2,1-10H3,(H,30,34)(H,31,36). The van der Waals surface area contributed by atoms with Crippen molar-refractivity contribution in [3.8, 4) is 0 Å². The van der Waals surface area contributed by atoms with E-state index in [0.717, 1.165) is 11.1 Å². The number of nitrogens with zero attached hydrogens (tertiary/aromatic N) is 1. The highest BCUT2D eigenvalue weighted by Gasteiger charge is 2.39. The smallest absolute Gasteiger partial charge is 0.408 e. The fraction of sp³-hybridized carbons (Fsp3) is 0.655. The Labute approximate surface area is 228 Å². The van der Waals surface area contributed by atoms with Crippen LogP contribution in [0.3, 0.4) is 0 Å². The summed E-state index contributed by atoms with van der Waals surface area (Å²) in [6.07, 6.45) is -0.307. The molecule has 0 radical (unpaired) electrons. The molecule has 0 aliphatic heterocycles. The molecular weight excluding hydrogens is 486 g/mol. The second-order valence-electron chi connectivity index (χ2n) is 11.2. The molecule has 2 atom stereocenters. The number of hydrogen-bond donors (Lipinski definition) is 2. The first-order valence-electron chi connectivity index (χ1n) is 13.4. The summed E-state index contributed by atoms with van der Waals surface area (Å²) in [6, 6.07) is 3.45. The minimum Gasteiger partial charge on any atom is -0.466 e. The Morgan fingerprint density at radius 1 is 1.00 bits per heavy atom. The molecule has 0 spiro atoms. The van der Waals surface area contributed by atoms with Gasteiger partial charge in [0.05, 0.1) is 13.0 Å². The predicted molar refractivity (Wildman–Crippen MR) is 148 cm³/mol. The summed E-state index contributed by atoms with van der Waals surface area (Å²) in [4.78, 5) is 53.9. The molecule has 0 aliphatic carbocycles. The molecule has 0 bridgehead atoms. The summed E-state index contributed by atoms with van der Waals surface area (Å²) in [5.41, 5.74) is 1.69. The Morgan fingerprint density at radius 2 is 1.58 bits per heavy atom. The van der Waals surface area contributed by atoms with Crippen LogP contribution in [0.5, 0.6) is 0 Å². The number of ether oxygens (including phenoxy) is 2. The van der Waals surface area contributed by atoms with Gasteiger partial charge in [0.2, 0.25) is 11.8 Å². The number of alkyl carbamates (subject to hydrolysis) is 1. The number of nitrogens with one attached hydrogen (secondary N) is 2. The maximum atomic E-state index is 14.1. The third kappa shape index (κ3) is 10.3. The fourth-order valence-electron chi connectivity index (χ4n) is 4.28. The van der Waals surface area contributed by atoms with Gasteiger partial charge >= 0.3 is 12.1 Å². The van der Waals surface area contributed by atoms with Crippen LogP contribution < -0.4 is 10.6 Å². The van der Waals surface area contributed by atoms with E-state index in [4.69, 9.17) is 9.47 Å². The van der Waals surface area contributed by atoms with E-state index in [1.807, 2.05) is 59.7 Å². The highest BCUT2D eigenvalue weighted by molar-refractivity contribution is 5.93.